The van der Waals surface area contributed by atoms with Crippen LogP contribution in [0.4, 0.5) is 4.79 Å². The summed E-state index contributed by atoms with van der Waals surface area (Å²) in [5.41, 5.74) is 2.85. The number of hydrazone groups is 1. The van der Waals surface area contributed by atoms with Crippen molar-refractivity contribution in [1.29, 1.82) is 0 Å². The largest absolute Gasteiger partial charge is 0.497 e. The normalized spacial score (nSPS) is 11.9. The number of hydrogen-bond donors (Lipinski definition) is 1. The van der Waals surface area contributed by atoms with E-state index in [4.69, 9.17) is 9.47 Å². The Morgan fingerprint density at radius 3 is 2.50 bits per heavy atom. The van der Waals surface area contributed by atoms with Crippen LogP contribution in [0.2, 0.25) is 0 Å². The Balaban J connectivity index is 2.09. The Kier molecular flexibility index (Phi) is 6.76. The van der Waals surface area contributed by atoms with Gasteiger partial charge in [0.2, 0.25) is 0 Å². The minimum atomic E-state index is -3.46. The van der Waals surface area contributed by atoms with Crippen LogP contribution in [0.3, 0.4) is 0 Å². The number of carbonyl (C=O) groups excluding carboxylic acids is 1. The highest BCUT2D eigenvalue weighted by atomic mass is 32.2. The topological polar surface area (TPSA) is 94.1 Å². The van der Waals surface area contributed by atoms with Crippen molar-refractivity contribution in [3.8, 4) is 5.75 Å². The van der Waals surface area contributed by atoms with E-state index in [1.165, 1.54) is 30.6 Å². The van der Waals surface area contributed by atoms with Gasteiger partial charge in [0.25, 0.3) is 0 Å². The molecule has 0 saturated heterocycles. The Bertz CT molecular complexity index is 886. The maximum Gasteiger partial charge on any atom is 0.427 e. The Morgan fingerprint density at radius 2 is 1.88 bits per heavy atom. The molecule has 2 rings (SSSR count). The lowest BCUT2D eigenvalue weighted by Gasteiger charge is -2.04. The Hall–Kier alpha value is -2.39. The molecule has 0 aliphatic rings. The summed E-state index contributed by atoms with van der Waals surface area (Å²) in [5, 5.41) is 3.94. The van der Waals surface area contributed by atoms with Crippen LogP contribution in [0.15, 0.2) is 46.4 Å². The number of benzene rings is 1. The second kappa shape index (κ2) is 8.81. The number of nitrogens with one attached hydrogen (secondary N) is 1. The highest BCUT2D eigenvalue weighted by molar-refractivity contribution is 7.90. The maximum absolute atomic E-state index is 12.5. The SMILES string of the molecule is CCOC(=O)NN=C(C)c1ccc(CS(=O)(=O)c2ccc(OC)cc2)s1. The molecule has 26 heavy (non-hydrogen) atoms. The van der Waals surface area contributed by atoms with Crippen LogP contribution in [0, 0.1) is 0 Å². The summed E-state index contributed by atoms with van der Waals surface area (Å²) in [7, 11) is -1.93. The molecule has 0 radical (unpaired) electrons. The number of methoxy groups -OCH3 is 1. The molecule has 0 atom stereocenters. The van der Waals surface area contributed by atoms with Gasteiger partial charge in [-0.05, 0) is 50.2 Å². The van der Waals surface area contributed by atoms with E-state index in [9.17, 15) is 13.2 Å². The van der Waals surface area contributed by atoms with E-state index in [0.29, 0.717) is 16.3 Å². The number of nitrogens with zero attached hydrogens (tertiary/aromatic N) is 1. The van der Waals surface area contributed by atoms with Crippen LogP contribution in [0.5, 0.6) is 5.75 Å². The Morgan fingerprint density at radius 1 is 1.19 bits per heavy atom. The lowest BCUT2D eigenvalue weighted by atomic mass is 10.3. The molecule has 1 aromatic heterocycles. The van der Waals surface area contributed by atoms with E-state index in [2.05, 4.69) is 10.5 Å². The molecule has 0 fully saturated rings. The highest BCUT2D eigenvalue weighted by Crippen LogP contribution is 2.24. The van der Waals surface area contributed by atoms with Gasteiger partial charge in [-0.2, -0.15) is 5.10 Å². The quantitative estimate of drug-likeness (QED) is 0.573. The maximum atomic E-state index is 12.5. The van der Waals surface area contributed by atoms with Crippen molar-refractivity contribution in [3.05, 3.63) is 46.2 Å². The molecule has 0 unspecified atom stereocenters. The van der Waals surface area contributed by atoms with Gasteiger partial charge in [-0.3, -0.25) is 0 Å². The van der Waals surface area contributed by atoms with E-state index in [1.54, 1.807) is 38.1 Å². The third-order valence-electron chi connectivity index (χ3n) is 3.36. The zero-order valence-corrected chi connectivity index (χ0v) is 16.3. The van der Waals surface area contributed by atoms with Crippen molar-refractivity contribution < 1.29 is 22.7 Å². The fraction of sp³-hybridized carbons (Fsp3) is 0.294. The fourth-order valence-corrected chi connectivity index (χ4v) is 4.69. The highest BCUT2D eigenvalue weighted by Gasteiger charge is 2.17. The zero-order chi connectivity index (χ0) is 19.2. The average molecular weight is 396 g/mol. The third kappa shape index (κ3) is 5.30. The summed E-state index contributed by atoms with van der Waals surface area (Å²) in [5.74, 6) is 0.492. The lowest BCUT2D eigenvalue weighted by Crippen LogP contribution is -2.20. The fourth-order valence-electron chi connectivity index (χ4n) is 2.05. The van der Waals surface area contributed by atoms with Gasteiger partial charge in [0.1, 0.15) is 5.75 Å². The molecular weight excluding hydrogens is 376 g/mol. The first-order valence-electron chi connectivity index (χ1n) is 7.78. The van der Waals surface area contributed by atoms with Crippen molar-refractivity contribution in [3.63, 3.8) is 0 Å². The summed E-state index contributed by atoms with van der Waals surface area (Å²) in [6.45, 7) is 3.68. The molecular formula is C17H20N2O5S2. The molecule has 0 spiro atoms. The van der Waals surface area contributed by atoms with Gasteiger partial charge >= 0.3 is 6.09 Å². The van der Waals surface area contributed by atoms with Crippen LogP contribution < -0.4 is 10.2 Å². The molecule has 7 nitrogen and oxygen atoms in total. The van der Waals surface area contributed by atoms with Crippen LogP contribution in [-0.2, 0) is 20.3 Å². The van der Waals surface area contributed by atoms with E-state index in [-0.39, 0.29) is 17.3 Å². The minimum Gasteiger partial charge on any atom is -0.497 e. The predicted octanol–water partition coefficient (Wildman–Crippen LogP) is 3.20. The molecule has 140 valence electrons. The monoisotopic (exact) mass is 396 g/mol. The van der Waals surface area contributed by atoms with Gasteiger partial charge in [-0.1, -0.05) is 0 Å². The van der Waals surface area contributed by atoms with Crippen molar-refractivity contribution in [1.82, 2.24) is 5.43 Å². The standard InChI is InChI=1S/C17H20N2O5S2/c1-4-24-17(20)19-18-12(2)16-10-7-14(25-16)11-26(21,22)15-8-5-13(23-3)6-9-15/h5-10H,4,11H2,1-3H3,(H,19,20). The number of amides is 1. The van der Waals surface area contributed by atoms with Gasteiger partial charge in [0.15, 0.2) is 9.84 Å². The predicted molar refractivity (Wildman–Crippen MR) is 101 cm³/mol. The molecule has 2 aromatic rings. The molecule has 1 amide bonds. The average Bonchev–Trinajstić information content (AvgIpc) is 3.08. The molecule has 1 heterocycles. The molecule has 1 N–H and O–H groups in total. The van der Waals surface area contributed by atoms with Crippen LogP contribution in [0.25, 0.3) is 0 Å². The first kappa shape index (κ1) is 19.9. The van der Waals surface area contributed by atoms with Gasteiger partial charge in [-0.15, -0.1) is 11.3 Å². The number of thiophene rings is 1. The molecule has 0 bridgehead atoms. The van der Waals surface area contributed by atoms with Gasteiger partial charge < -0.3 is 9.47 Å². The summed E-state index contributed by atoms with van der Waals surface area (Å²) in [6, 6.07) is 9.80. The summed E-state index contributed by atoms with van der Waals surface area (Å²) < 4.78 is 34.8. The third-order valence-corrected chi connectivity index (χ3v) is 6.42. The van der Waals surface area contributed by atoms with Crippen LogP contribution in [-0.4, -0.2) is 33.9 Å². The molecule has 1 aromatic carbocycles. The molecule has 0 aliphatic carbocycles. The molecule has 9 heteroatoms. The molecule has 0 saturated carbocycles. The zero-order valence-electron chi connectivity index (χ0n) is 14.7. The van der Waals surface area contributed by atoms with Gasteiger partial charge in [0.05, 0.1) is 35.0 Å². The summed E-state index contributed by atoms with van der Waals surface area (Å²) in [6.07, 6.45) is -0.634. The Labute approximate surface area is 156 Å². The number of ether oxygens (including phenoxy) is 2. The van der Waals surface area contributed by atoms with E-state index in [1.807, 2.05) is 0 Å². The second-order valence-corrected chi connectivity index (χ2v) is 8.39. The van der Waals surface area contributed by atoms with Crippen molar-refractivity contribution in [2.24, 2.45) is 5.10 Å². The van der Waals surface area contributed by atoms with Crippen molar-refractivity contribution >= 4 is 33.0 Å². The van der Waals surface area contributed by atoms with Crippen molar-refractivity contribution in [2.75, 3.05) is 13.7 Å². The number of carbonyl (C=O) groups is 1. The smallest absolute Gasteiger partial charge is 0.427 e. The van der Waals surface area contributed by atoms with Gasteiger partial charge in [-0.25, -0.2) is 18.6 Å². The number of rotatable bonds is 7. The van der Waals surface area contributed by atoms with E-state index in [0.717, 1.165) is 4.88 Å². The summed E-state index contributed by atoms with van der Waals surface area (Å²) >= 11 is 1.31. The summed E-state index contributed by atoms with van der Waals surface area (Å²) in [4.78, 5) is 12.9. The van der Waals surface area contributed by atoms with Crippen LogP contribution in [0.1, 0.15) is 23.6 Å². The number of sulfone groups is 1. The van der Waals surface area contributed by atoms with E-state index < -0.39 is 15.9 Å². The number of hydrogen-bond acceptors (Lipinski definition) is 7. The first-order valence-corrected chi connectivity index (χ1v) is 10.3. The lowest BCUT2D eigenvalue weighted by molar-refractivity contribution is 0.152. The first-order chi connectivity index (χ1) is 12.4. The second-order valence-electron chi connectivity index (χ2n) is 5.23. The minimum absolute atomic E-state index is 0.109. The van der Waals surface area contributed by atoms with Crippen molar-refractivity contribution in [2.45, 2.75) is 24.5 Å². The van der Waals surface area contributed by atoms with E-state index >= 15 is 0 Å². The molecule has 0 aliphatic heterocycles. The van der Waals surface area contributed by atoms with Gasteiger partial charge in [0, 0.05) is 4.88 Å². The van der Waals surface area contributed by atoms with Crippen LogP contribution >= 0.6 is 11.3 Å².